The Balaban J connectivity index is 2.65. The third-order valence-electron chi connectivity index (χ3n) is 3.53. The van der Waals surface area contributed by atoms with Crippen molar-refractivity contribution >= 4 is 21.6 Å². The summed E-state index contributed by atoms with van der Waals surface area (Å²) in [6, 6.07) is 0. The van der Waals surface area contributed by atoms with Crippen molar-refractivity contribution in [1.29, 1.82) is 0 Å². The largest absolute Gasteiger partial charge is 0.214 e. The molecular formula is C12H24ClNO2S. The Morgan fingerprint density at radius 2 is 2.00 bits per heavy atom. The third kappa shape index (κ3) is 4.11. The maximum absolute atomic E-state index is 12.1. The first-order chi connectivity index (χ1) is 7.66. The quantitative estimate of drug-likeness (QED) is 0.743. The van der Waals surface area contributed by atoms with Gasteiger partial charge in [-0.1, -0.05) is 27.7 Å². The van der Waals surface area contributed by atoms with E-state index in [-0.39, 0.29) is 17.1 Å². The summed E-state index contributed by atoms with van der Waals surface area (Å²) in [6.07, 6.45) is 0.970. The number of halogens is 1. The molecule has 1 rings (SSSR count). The second kappa shape index (κ2) is 5.45. The van der Waals surface area contributed by atoms with Crippen molar-refractivity contribution in [3.63, 3.8) is 0 Å². The van der Waals surface area contributed by atoms with Crippen LogP contribution in [0.2, 0.25) is 0 Å². The van der Waals surface area contributed by atoms with Crippen molar-refractivity contribution in [1.82, 2.24) is 4.31 Å². The Kier molecular flexibility index (Phi) is 4.89. The normalized spacial score (nSPS) is 25.1. The van der Waals surface area contributed by atoms with Gasteiger partial charge in [0.2, 0.25) is 10.0 Å². The third-order valence-corrected chi connectivity index (χ3v) is 6.16. The van der Waals surface area contributed by atoms with Crippen molar-refractivity contribution in [3.8, 4) is 0 Å². The molecule has 0 amide bonds. The first-order valence-corrected chi connectivity index (χ1v) is 8.35. The molecule has 1 aliphatic heterocycles. The predicted molar refractivity (Wildman–Crippen MR) is 72.8 cm³/mol. The van der Waals surface area contributed by atoms with E-state index in [0.717, 1.165) is 6.42 Å². The van der Waals surface area contributed by atoms with E-state index in [0.29, 0.717) is 24.9 Å². The fourth-order valence-electron chi connectivity index (χ4n) is 2.20. The minimum absolute atomic E-state index is 0.0235. The van der Waals surface area contributed by atoms with Crippen LogP contribution >= 0.6 is 11.6 Å². The monoisotopic (exact) mass is 281 g/mol. The summed E-state index contributed by atoms with van der Waals surface area (Å²) >= 11 is 5.68. The molecule has 1 heterocycles. The number of rotatable bonds is 4. The molecule has 0 aromatic heterocycles. The van der Waals surface area contributed by atoms with Crippen LogP contribution in [0.1, 0.15) is 34.1 Å². The summed E-state index contributed by atoms with van der Waals surface area (Å²) in [7, 11) is -3.12. The van der Waals surface area contributed by atoms with Gasteiger partial charge in [-0.25, -0.2) is 12.7 Å². The van der Waals surface area contributed by atoms with Crippen LogP contribution in [-0.4, -0.2) is 37.4 Å². The van der Waals surface area contributed by atoms with E-state index in [9.17, 15) is 8.42 Å². The lowest BCUT2D eigenvalue weighted by molar-refractivity contribution is 0.251. The lowest BCUT2D eigenvalue weighted by atomic mass is 9.80. The Hall–Kier alpha value is 0.200. The zero-order valence-corrected chi connectivity index (χ0v) is 12.8. The molecule has 1 aliphatic rings. The molecular weight excluding hydrogens is 258 g/mol. The van der Waals surface area contributed by atoms with Crippen molar-refractivity contribution in [2.45, 2.75) is 34.1 Å². The van der Waals surface area contributed by atoms with E-state index >= 15 is 0 Å². The number of sulfonamides is 1. The topological polar surface area (TPSA) is 37.4 Å². The fourth-order valence-corrected chi connectivity index (χ4v) is 4.27. The first-order valence-electron chi connectivity index (χ1n) is 6.20. The van der Waals surface area contributed by atoms with Crippen LogP contribution in [0.3, 0.4) is 0 Å². The second-order valence-electron chi connectivity index (χ2n) is 6.25. The maximum atomic E-state index is 12.1. The van der Waals surface area contributed by atoms with Gasteiger partial charge in [0.15, 0.2) is 0 Å². The molecule has 1 saturated heterocycles. The SMILES string of the molecule is CC(CCl)CS(=O)(=O)N1CCC(C(C)(C)C)C1. The van der Waals surface area contributed by atoms with E-state index in [2.05, 4.69) is 20.8 Å². The van der Waals surface area contributed by atoms with Gasteiger partial charge < -0.3 is 0 Å². The summed E-state index contributed by atoms with van der Waals surface area (Å²) < 4.78 is 25.9. The van der Waals surface area contributed by atoms with Crippen molar-refractivity contribution in [2.75, 3.05) is 24.7 Å². The standard InChI is InChI=1S/C12H24ClNO2S/c1-10(7-13)9-17(15,16)14-6-5-11(8-14)12(2,3)4/h10-11H,5-9H2,1-4H3. The number of hydrogen-bond donors (Lipinski definition) is 0. The molecule has 0 aliphatic carbocycles. The lowest BCUT2D eigenvalue weighted by Crippen LogP contribution is -2.34. The predicted octanol–water partition coefficient (Wildman–Crippen LogP) is 2.56. The van der Waals surface area contributed by atoms with Crippen LogP contribution < -0.4 is 0 Å². The molecule has 0 aromatic carbocycles. The minimum atomic E-state index is -3.12. The summed E-state index contributed by atoms with van der Waals surface area (Å²) in [6.45, 7) is 9.74. The van der Waals surface area contributed by atoms with Crippen molar-refractivity contribution < 1.29 is 8.42 Å². The van der Waals surface area contributed by atoms with Gasteiger partial charge in [-0.05, 0) is 23.7 Å². The van der Waals surface area contributed by atoms with Gasteiger partial charge in [-0.3, -0.25) is 0 Å². The highest BCUT2D eigenvalue weighted by molar-refractivity contribution is 7.89. The van der Waals surface area contributed by atoms with Gasteiger partial charge >= 0.3 is 0 Å². The van der Waals surface area contributed by atoms with Crippen molar-refractivity contribution in [2.24, 2.45) is 17.3 Å². The smallest absolute Gasteiger partial charge is 0.212 e. The zero-order chi connectivity index (χ0) is 13.3. The summed E-state index contributed by atoms with van der Waals surface area (Å²) in [4.78, 5) is 0. The van der Waals surface area contributed by atoms with Crippen LogP contribution in [0.4, 0.5) is 0 Å². The van der Waals surface area contributed by atoms with Crippen molar-refractivity contribution in [3.05, 3.63) is 0 Å². The number of alkyl halides is 1. The summed E-state index contributed by atoms with van der Waals surface area (Å²) in [5.41, 5.74) is 0.183. The van der Waals surface area contributed by atoms with Gasteiger partial charge in [0.1, 0.15) is 0 Å². The lowest BCUT2D eigenvalue weighted by Gasteiger charge is -2.27. The van der Waals surface area contributed by atoms with E-state index < -0.39 is 10.0 Å². The summed E-state index contributed by atoms with van der Waals surface area (Å²) in [5, 5.41) is 0. The molecule has 0 aromatic rings. The fraction of sp³-hybridized carbons (Fsp3) is 1.00. The van der Waals surface area contributed by atoms with Crippen LogP contribution in [0.15, 0.2) is 0 Å². The average molecular weight is 282 g/mol. The molecule has 0 bridgehead atoms. The van der Waals surface area contributed by atoms with Crippen LogP contribution in [0, 0.1) is 17.3 Å². The van der Waals surface area contributed by atoms with Gasteiger partial charge in [0, 0.05) is 19.0 Å². The molecule has 102 valence electrons. The van der Waals surface area contributed by atoms with E-state index in [1.54, 1.807) is 4.31 Å². The second-order valence-corrected chi connectivity index (χ2v) is 8.57. The molecule has 2 unspecified atom stereocenters. The number of nitrogens with zero attached hydrogens (tertiary/aromatic N) is 1. The summed E-state index contributed by atoms with van der Waals surface area (Å²) in [5.74, 6) is 1.06. The van der Waals surface area contributed by atoms with Crippen LogP contribution in [-0.2, 0) is 10.0 Å². The van der Waals surface area contributed by atoms with Gasteiger partial charge in [0.25, 0.3) is 0 Å². The molecule has 0 spiro atoms. The van der Waals surface area contributed by atoms with E-state index in [4.69, 9.17) is 11.6 Å². The Labute approximate surface area is 111 Å². The molecule has 3 nitrogen and oxygen atoms in total. The van der Waals surface area contributed by atoms with E-state index in [1.807, 2.05) is 6.92 Å². The van der Waals surface area contributed by atoms with Crippen LogP contribution in [0.25, 0.3) is 0 Å². The van der Waals surface area contributed by atoms with Gasteiger partial charge in [-0.2, -0.15) is 0 Å². The number of hydrogen-bond acceptors (Lipinski definition) is 2. The van der Waals surface area contributed by atoms with E-state index in [1.165, 1.54) is 0 Å². The zero-order valence-electron chi connectivity index (χ0n) is 11.2. The molecule has 5 heteroatoms. The maximum Gasteiger partial charge on any atom is 0.214 e. The highest BCUT2D eigenvalue weighted by atomic mass is 35.5. The Bertz CT molecular complexity index is 348. The van der Waals surface area contributed by atoms with Gasteiger partial charge in [-0.15, -0.1) is 11.6 Å². The van der Waals surface area contributed by atoms with Crippen LogP contribution in [0.5, 0.6) is 0 Å². The molecule has 0 radical (unpaired) electrons. The molecule has 2 atom stereocenters. The molecule has 0 N–H and O–H groups in total. The molecule has 17 heavy (non-hydrogen) atoms. The Morgan fingerprint density at radius 1 is 1.41 bits per heavy atom. The molecule has 1 fully saturated rings. The minimum Gasteiger partial charge on any atom is -0.212 e. The average Bonchev–Trinajstić information content (AvgIpc) is 2.65. The first kappa shape index (κ1) is 15.3. The highest BCUT2D eigenvalue weighted by Crippen LogP contribution is 2.34. The van der Waals surface area contributed by atoms with Gasteiger partial charge in [0.05, 0.1) is 5.75 Å². The molecule has 0 saturated carbocycles. The Morgan fingerprint density at radius 3 is 2.41 bits per heavy atom. The highest BCUT2D eigenvalue weighted by Gasteiger charge is 2.37.